The Balaban J connectivity index is 0.000000325. The van der Waals surface area contributed by atoms with Crippen molar-refractivity contribution in [2.75, 3.05) is 13.7 Å². The molecule has 1 aromatic rings. The first-order valence-corrected chi connectivity index (χ1v) is 4.55. The number of aryl methyl sites for hydroxylation is 1. The zero-order chi connectivity index (χ0) is 13.5. The van der Waals surface area contributed by atoms with Crippen LogP contribution in [0.3, 0.4) is 0 Å². The number of halogens is 3. The molecule has 17 heavy (non-hydrogen) atoms. The van der Waals surface area contributed by atoms with Gasteiger partial charge in [-0.15, -0.1) is 0 Å². The fourth-order valence-corrected chi connectivity index (χ4v) is 0.831. The Morgan fingerprint density at radius 3 is 2.35 bits per heavy atom. The molecule has 1 heterocycles. The summed E-state index contributed by atoms with van der Waals surface area (Å²) in [7, 11) is 3.72. The van der Waals surface area contributed by atoms with E-state index < -0.39 is 12.1 Å². The highest BCUT2D eigenvalue weighted by Crippen LogP contribution is 2.11. The predicted octanol–water partition coefficient (Wildman–Crippen LogP) is -0.742. The Kier molecular flexibility index (Phi) is 6.26. The van der Waals surface area contributed by atoms with Crippen LogP contribution in [-0.4, -0.2) is 30.4 Å². The number of alkyl halides is 3. The molecule has 0 unspecified atom stereocenters. The summed E-state index contributed by atoms with van der Waals surface area (Å²) in [4.78, 5) is 8.78. The summed E-state index contributed by atoms with van der Waals surface area (Å²) in [6, 6.07) is 0. The van der Waals surface area contributed by atoms with Crippen LogP contribution in [0.2, 0.25) is 0 Å². The van der Waals surface area contributed by atoms with Crippen molar-refractivity contribution in [2.45, 2.75) is 12.7 Å². The van der Waals surface area contributed by atoms with Gasteiger partial charge in [0.1, 0.15) is 24.9 Å². The van der Waals surface area contributed by atoms with Gasteiger partial charge in [-0.1, -0.05) is 0 Å². The minimum Gasteiger partial charge on any atom is -0.542 e. The molecule has 1 rings (SSSR count). The number of aliphatic carboxylic acids is 1. The molecule has 8 heteroatoms. The standard InChI is InChI=1S/C7H13N2O.C2HF3O2/c1-8-3-4-9(7-8)5-6-10-2;3-2(4,5)1(6)7/h3-4,7H,5-6H2,1-2H3;(H,6,7)/q+1;/p-1. The number of carbonyl (C=O) groups is 1. The normalized spacial score (nSPS) is 10.6. The van der Waals surface area contributed by atoms with E-state index in [0.29, 0.717) is 0 Å². The van der Waals surface area contributed by atoms with Gasteiger partial charge in [0, 0.05) is 7.11 Å². The van der Waals surface area contributed by atoms with Crippen molar-refractivity contribution in [3.63, 3.8) is 0 Å². The molecule has 0 fully saturated rings. The van der Waals surface area contributed by atoms with E-state index in [9.17, 15) is 13.2 Å². The third-order valence-electron chi connectivity index (χ3n) is 1.61. The maximum Gasteiger partial charge on any atom is 0.430 e. The number of ether oxygens (including phenoxy) is 1. The molecule has 0 aliphatic heterocycles. The average molecular weight is 254 g/mol. The molecule has 5 nitrogen and oxygen atoms in total. The lowest BCUT2D eigenvalue weighted by Crippen LogP contribution is -2.37. The van der Waals surface area contributed by atoms with Gasteiger partial charge in [-0.25, -0.2) is 9.13 Å². The highest BCUT2D eigenvalue weighted by molar-refractivity contribution is 5.70. The van der Waals surface area contributed by atoms with Gasteiger partial charge < -0.3 is 14.6 Å². The minimum absolute atomic E-state index is 0.772. The van der Waals surface area contributed by atoms with Crippen molar-refractivity contribution in [3.8, 4) is 0 Å². The van der Waals surface area contributed by atoms with Crippen molar-refractivity contribution >= 4 is 5.97 Å². The van der Waals surface area contributed by atoms with Crippen LogP contribution >= 0.6 is 0 Å². The van der Waals surface area contributed by atoms with Crippen LogP contribution in [0.5, 0.6) is 0 Å². The van der Waals surface area contributed by atoms with E-state index in [4.69, 9.17) is 14.6 Å². The average Bonchev–Trinajstić information content (AvgIpc) is 2.60. The molecule has 0 aliphatic carbocycles. The molecule has 0 saturated heterocycles. The summed E-state index contributed by atoms with van der Waals surface area (Å²) in [6.07, 6.45) is 0.869. The van der Waals surface area contributed by atoms with Gasteiger partial charge in [-0.3, -0.25) is 0 Å². The van der Waals surface area contributed by atoms with Gasteiger partial charge in [0.05, 0.1) is 13.7 Å². The van der Waals surface area contributed by atoms with E-state index in [1.54, 1.807) is 7.11 Å². The number of nitrogens with zero attached hydrogens (tertiary/aromatic N) is 2. The Bertz CT molecular complexity index is 350. The SMILES string of the molecule is COCCn1cc[n+](C)c1.O=C([O-])C(F)(F)F. The van der Waals surface area contributed by atoms with Crippen LogP contribution in [0.1, 0.15) is 0 Å². The number of aromatic nitrogens is 2. The lowest BCUT2D eigenvalue weighted by molar-refractivity contribution is -0.671. The van der Waals surface area contributed by atoms with Gasteiger partial charge >= 0.3 is 6.18 Å². The van der Waals surface area contributed by atoms with Gasteiger partial charge in [-0.2, -0.15) is 13.2 Å². The summed E-state index contributed by atoms with van der Waals surface area (Å²) in [5, 5.41) is 8.78. The fourth-order valence-electron chi connectivity index (χ4n) is 0.831. The predicted molar refractivity (Wildman–Crippen MR) is 48.5 cm³/mol. The molecule has 0 bridgehead atoms. The number of hydrogen-bond acceptors (Lipinski definition) is 3. The molecule has 0 atom stereocenters. The van der Waals surface area contributed by atoms with Crippen molar-refractivity contribution in [3.05, 3.63) is 18.7 Å². The number of rotatable bonds is 3. The van der Waals surface area contributed by atoms with Crippen molar-refractivity contribution in [1.29, 1.82) is 0 Å². The zero-order valence-electron chi connectivity index (χ0n) is 9.40. The third-order valence-corrected chi connectivity index (χ3v) is 1.61. The summed E-state index contributed by atoms with van der Waals surface area (Å²) in [5.41, 5.74) is 0. The van der Waals surface area contributed by atoms with Crippen LogP contribution in [0.25, 0.3) is 0 Å². The van der Waals surface area contributed by atoms with Gasteiger partial charge in [0.2, 0.25) is 6.33 Å². The van der Waals surface area contributed by atoms with Crippen molar-refractivity contribution < 1.29 is 32.4 Å². The highest BCUT2D eigenvalue weighted by Gasteiger charge is 2.28. The first kappa shape index (κ1) is 15.4. The second-order valence-corrected chi connectivity index (χ2v) is 3.09. The highest BCUT2D eigenvalue weighted by atomic mass is 19.4. The minimum atomic E-state index is -5.19. The smallest absolute Gasteiger partial charge is 0.430 e. The lowest BCUT2D eigenvalue weighted by atomic mass is 10.7. The van der Waals surface area contributed by atoms with Crippen LogP contribution in [0.4, 0.5) is 13.2 Å². The number of carbonyl (C=O) groups excluding carboxylic acids is 1. The van der Waals surface area contributed by atoms with Crippen LogP contribution < -0.4 is 9.67 Å². The zero-order valence-corrected chi connectivity index (χ0v) is 9.40. The Morgan fingerprint density at radius 2 is 2.06 bits per heavy atom. The topological polar surface area (TPSA) is 58.2 Å². The molecule has 0 amide bonds. The fraction of sp³-hybridized carbons (Fsp3) is 0.556. The summed E-state index contributed by atoms with van der Waals surface area (Å²) in [5.74, 6) is -3.01. The molecule has 1 aromatic heterocycles. The first-order chi connectivity index (χ1) is 7.77. The van der Waals surface area contributed by atoms with E-state index in [2.05, 4.69) is 4.57 Å². The van der Waals surface area contributed by atoms with Gasteiger partial charge in [0.25, 0.3) is 0 Å². The van der Waals surface area contributed by atoms with Crippen LogP contribution in [-0.2, 0) is 23.1 Å². The number of carboxylic acid groups (broad SMARTS) is 1. The monoisotopic (exact) mass is 254 g/mol. The maximum atomic E-state index is 10.5. The second kappa shape index (κ2) is 6.89. The molecule has 0 N–H and O–H groups in total. The third kappa shape index (κ3) is 7.34. The van der Waals surface area contributed by atoms with Crippen LogP contribution in [0, 0.1) is 0 Å². The summed E-state index contributed by atoms with van der Waals surface area (Å²) < 4.78 is 40.6. The van der Waals surface area contributed by atoms with E-state index in [0.717, 1.165) is 13.2 Å². The van der Waals surface area contributed by atoms with E-state index in [1.807, 2.05) is 30.3 Å². The second-order valence-electron chi connectivity index (χ2n) is 3.09. The van der Waals surface area contributed by atoms with Crippen LogP contribution in [0.15, 0.2) is 18.7 Å². The van der Waals surface area contributed by atoms with E-state index >= 15 is 0 Å². The molecule has 98 valence electrons. The molecule has 0 radical (unpaired) electrons. The quantitative estimate of drug-likeness (QED) is 0.667. The number of carboxylic acids is 1. The van der Waals surface area contributed by atoms with Gasteiger partial charge in [0.15, 0.2) is 0 Å². The first-order valence-electron chi connectivity index (χ1n) is 4.55. The number of methoxy groups -OCH3 is 1. The van der Waals surface area contributed by atoms with E-state index in [-0.39, 0.29) is 0 Å². The molecule has 0 aliphatic rings. The number of imidazole rings is 1. The molecular formula is C9H13F3N2O3. The lowest BCUT2D eigenvalue weighted by Gasteiger charge is -2.03. The molecule has 0 saturated carbocycles. The molecule has 0 spiro atoms. The largest absolute Gasteiger partial charge is 0.542 e. The van der Waals surface area contributed by atoms with Crippen molar-refractivity contribution in [2.24, 2.45) is 7.05 Å². The number of hydrogen-bond donors (Lipinski definition) is 0. The Morgan fingerprint density at radius 1 is 1.53 bits per heavy atom. The van der Waals surface area contributed by atoms with E-state index in [1.165, 1.54) is 0 Å². The Hall–Kier alpha value is -1.57. The summed E-state index contributed by atoms with van der Waals surface area (Å²) in [6.45, 7) is 1.70. The summed E-state index contributed by atoms with van der Waals surface area (Å²) >= 11 is 0. The molecular weight excluding hydrogens is 241 g/mol. The Labute approximate surface area is 96.0 Å². The molecule has 0 aromatic carbocycles. The van der Waals surface area contributed by atoms with Gasteiger partial charge in [-0.05, 0) is 0 Å². The van der Waals surface area contributed by atoms with Crippen molar-refractivity contribution in [1.82, 2.24) is 4.57 Å². The maximum absolute atomic E-state index is 10.5.